The molecule has 0 aliphatic carbocycles. The first-order valence-electron chi connectivity index (χ1n) is 11.3. The maximum atomic E-state index is 12.9. The van der Waals surface area contributed by atoms with E-state index in [0.29, 0.717) is 41.7 Å². The number of aromatic nitrogens is 4. The smallest absolute Gasteiger partial charge is 0.261 e. The van der Waals surface area contributed by atoms with E-state index in [4.69, 9.17) is 4.74 Å². The van der Waals surface area contributed by atoms with Gasteiger partial charge in [-0.3, -0.25) is 9.52 Å². The molecule has 2 N–H and O–H groups in total. The maximum absolute atomic E-state index is 12.9. The molecule has 1 aliphatic rings. The number of aryl methyl sites for hydroxylation is 2. The van der Waals surface area contributed by atoms with Gasteiger partial charge in [-0.2, -0.15) is 5.10 Å². The van der Waals surface area contributed by atoms with Crippen LogP contribution in [0.4, 0.5) is 11.4 Å². The molecule has 0 saturated heterocycles. The van der Waals surface area contributed by atoms with Crippen molar-refractivity contribution in [1.29, 1.82) is 0 Å². The largest absolute Gasteiger partial charge is 0.439 e. The molecule has 4 aromatic rings. The lowest BCUT2D eigenvalue weighted by atomic mass is 10.0. The molecule has 0 saturated carbocycles. The monoisotopic (exact) mass is 504 g/mol. The average Bonchev–Trinajstić information content (AvgIpc) is 3.12. The average molecular weight is 505 g/mol. The standard InChI is InChI=1S/C25H24N6O4S/c1-15-16(2)29-31(17(15)3)23-13-25(27-14-26-23)35-20-7-5-19(6-8-20)30-36(33,34)21-9-10-22-18(12-21)4-11-24(32)28-22/h5-10,12-14,30H,4,11H2,1-3H3,(H,28,32). The number of hydrogen-bond acceptors (Lipinski definition) is 7. The second-order valence-electron chi connectivity index (χ2n) is 8.52. The number of nitrogens with zero attached hydrogens (tertiary/aromatic N) is 4. The number of amides is 1. The number of carbonyl (C=O) groups is 1. The maximum Gasteiger partial charge on any atom is 0.261 e. The van der Waals surface area contributed by atoms with E-state index < -0.39 is 10.0 Å². The normalized spacial score (nSPS) is 13.1. The lowest BCUT2D eigenvalue weighted by Crippen LogP contribution is -2.20. The van der Waals surface area contributed by atoms with Gasteiger partial charge in [-0.1, -0.05) is 0 Å². The highest BCUT2D eigenvalue weighted by Crippen LogP contribution is 2.28. The highest BCUT2D eigenvalue weighted by Gasteiger charge is 2.20. The molecule has 0 fully saturated rings. The number of rotatable bonds is 6. The van der Waals surface area contributed by atoms with E-state index in [2.05, 4.69) is 25.1 Å². The number of nitrogens with one attached hydrogen (secondary N) is 2. The van der Waals surface area contributed by atoms with Crippen molar-refractivity contribution in [2.24, 2.45) is 0 Å². The van der Waals surface area contributed by atoms with Crippen LogP contribution in [-0.4, -0.2) is 34.1 Å². The first-order valence-corrected chi connectivity index (χ1v) is 12.8. The van der Waals surface area contributed by atoms with Crippen LogP contribution in [-0.2, 0) is 21.2 Å². The van der Waals surface area contributed by atoms with Gasteiger partial charge in [-0.05, 0) is 80.8 Å². The molecule has 0 atom stereocenters. The molecule has 2 aromatic carbocycles. The van der Waals surface area contributed by atoms with E-state index in [9.17, 15) is 13.2 Å². The molecule has 0 spiro atoms. The van der Waals surface area contributed by atoms with Crippen LogP contribution in [0.3, 0.4) is 0 Å². The number of sulfonamides is 1. The van der Waals surface area contributed by atoms with Crippen LogP contribution < -0.4 is 14.8 Å². The summed E-state index contributed by atoms with van der Waals surface area (Å²) in [5.74, 6) is 1.33. The summed E-state index contributed by atoms with van der Waals surface area (Å²) < 4.78 is 36.0. The Balaban J connectivity index is 1.30. The topological polar surface area (TPSA) is 128 Å². The minimum Gasteiger partial charge on any atom is -0.439 e. The Morgan fingerprint density at radius 1 is 1.00 bits per heavy atom. The number of fused-ring (bicyclic) bond motifs is 1. The SMILES string of the molecule is Cc1nn(-c2cc(Oc3ccc(NS(=O)(=O)c4ccc5c(c4)CCC(=O)N5)cc3)ncn2)c(C)c1C. The molecule has 1 aliphatic heterocycles. The number of anilines is 2. The summed E-state index contributed by atoms with van der Waals surface area (Å²) >= 11 is 0. The van der Waals surface area contributed by atoms with Crippen molar-refractivity contribution in [2.45, 2.75) is 38.5 Å². The van der Waals surface area contributed by atoms with Gasteiger partial charge in [-0.15, -0.1) is 0 Å². The van der Waals surface area contributed by atoms with Gasteiger partial charge in [0.25, 0.3) is 10.0 Å². The van der Waals surface area contributed by atoms with E-state index in [1.165, 1.54) is 12.4 Å². The van der Waals surface area contributed by atoms with Crippen LogP contribution in [0.2, 0.25) is 0 Å². The molecule has 36 heavy (non-hydrogen) atoms. The highest BCUT2D eigenvalue weighted by atomic mass is 32.2. The summed E-state index contributed by atoms with van der Waals surface area (Å²) in [6.07, 6.45) is 2.24. The molecule has 11 heteroatoms. The molecule has 1 amide bonds. The van der Waals surface area contributed by atoms with Crippen molar-refractivity contribution in [3.63, 3.8) is 0 Å². The summed E-state index contributed by atoms with van der Waals surface area (Å²) in [5, 5.41) is 7.26. The lowest BCUT2D eigenvalue weighted by molar-refractivity contribution is -0.116. The van der Waals surface area contributed by atoms with Crippen LogP contribution >= 0.6 is 0 Å². The Hall–Kier alpha value is -4.25. The van der Waals surface area contributed by atoms with Crippen LogP contribution in [0.25, 0.3) is 5.82 Å². The van der Waals surface area contributed by atoms with Gasteiger partial charge >= 0.3 is 0 Å². The Kier molecular flexibility index (Phi) is 5.92. The van der Waals surface area contributed by atoms with E-state index in [-0.39, 0.29) is 10.8 Å². The zero-order chi connectivity index (χ0) is 25.4. The van der Waals surface area contributed by atoms with Gasteiger partial charge in [0.2, 0.25) is 11.8 Å². The molecule has 0 unspecified atom stereocenters. The van der Waals surface area contributed by atoms with Crippen molar-refractivity contribution in [3.05, 3.63) is 77.4 Å². The second-order valence-corrected chi connectivity index (χ2v) is 10.2. The van der Waals surface area contributed by atoms with E-state index in [1.54, 1.807) is 47.1 Å². The summed E-state index contributed by atoms with van der Waals surface area (Å²) in [5.41, 5.74) is 4.83. The predicted molar refractivity (Wildman–Crippen MR) is 134 cm³/mol. The van der Waals surface area contributed by atoms with Crippen molar-refractivity contribution >= 4 is 27.3 Å². The number of ether oxygens (including phenoxy) is 1. The van der Waals surface area contributed by atoms with Gasteiger partial charge in [0.05, 0.1) is 10.6 Å². The molecular weight excluding hydrogens is 480 g/mol. The van der Waals surface area contributed by atoms with Crippen LogP contribution in [0.5, 0.6) is 11.6 Å². The minimum absolute atomic E-state index is 0.0709. The summed E-state index contributed by atoms with van der Waals surface area (Å²) in [4.78, 5) is 20.1. The number of benzene rings is 2. The Labute approximate surface area is 208 Å². The molecule has 10 nitrogen and oxygen atoms in total. The Bertz CT molecular complexity index is 1580. The van der Waals surface area contributed by atoms with Gasteiger partial charge in [0.15, 0.2) is 5.82 Å². The van der Waals surface area contributed by atoms with Crippen LogP contribution in [0, 0.1) is 20.8 Å². The number of hydrogen-bond donors (Lipinski definition) is 2. The molecule has 3 heterocycles. The molecular formula is C25H24N6O4S. The zero-order valence-electron chi connectivity index (χ0n) is 19.9. The lowest BCUT2D eigenvalue weighted by Gasteiger charge is -2.18. The zero-order valence-corrected chi connectivity index (χ0v) is 20.8. The van der Waals surface area contributed by atoms with Crippen LogP contribution in [0.15, 0.2) is 59.8 Å². The highest BCUT2D eigenvalue weighted by molar-refractivity contribution is 7.92. The van der Waals surface area contributed by atoms with Crippen molar-refractivity contribution in [2.75, 3.05) is 10.0 Å². The molecule has 0 radical (unpaired) electrons. The fourth-order valence-corrected chi connectivity index (χ4v) is 5.01. The van der Waals surface area contributed by atoms with E-state index >= 15 is 0 Å². The molecule has 184 valence electrons. The fourth-order valence-electron chi connectivity index (χ4n) is 3.90. The summed E-state index contributed by atoms with van der Waals surface area (Å²) in [7, 11) is -3.81. The van der Waals surface area contributed by atoms with Crippen LogP contribution in [0.1, 0.15) is 28.9 Å². The third-order valence-corrected chi connectivity index (χ3v) is 7.49. The van der Waals surface area contributed by atoms with Gasteiger partial charge in [0.1, 0.15) is 12.1 Å². The van der Waals surface area contributed by atoms with Crippen molar-refractivity contribution in [3.8, 4) is 17.4 Å². The van der Waals surface area contributed by atoms with Crippen molar-refractivity contribution < 1.29 is 17.9 Å². The quantitative estimate of drug-likeness (QED) is 0.405. The Morgan fingerprint density at radius 2 is 1.78 bits per heavy atom. The van der Waals surface area contributed by atoms with Gasteiger partial charge in [-0.25, -0.2) is 23.1 Å². The molecule has 5 rings (SSSR count). The van der Waals surface area contributed by atoms with Gasteiger partial charge in [0, 0.05) is 29.6 Å². The third kappa shape index (κ3) is 4.65. The first-order chi connectivity index (χ1) is 17.2. The summed E-state index contributed by atoms with van der Waals surface area (Å²) in [6, 6.07) is 12.9. The predicted octanol–water partition coefficient (Wildman–Crippen LogP) is 4.07. The first kappa shape index (κ1) is 23.5. The van der Waals surface area contributed by atoms with E-state index in [0.717, 1.165) is 22.5 Å². The summed E-state index contributed by atoms with van der Waals surface area (Å²) in [6.45, 7) is 5.92. The van der Waals surface area contributed by atoms with Gasteiger partial charge < -0.3 is 10.1 Å². The fraction of sp³-hybridized carbons (Fsp3) is 0.200. The minimum atomic E-state index is -3.81. The third-order valence-electron chi connectivity index (χ3n) is 6.11. The Morgan fingerprint density at radius 3 is 2.50 bits per heavy atom. The molecule has 2 aromatic heterocycles. The van der Waals surface area contributed by atoms with E-state index in [1.807, 2.05) is 20.8 Å². The molecule has 0 bridgehead atoms. The number of carbonyl (C=O) groups excluding carboxylic acids is 1. The van der Waals surface area contributed by atoms with Crippen molar-refractivity contribution in [1.82, 2.24) is 19.7 Å². The second kappa shape index (κ2) is 9.08.